The number of halogens is 1. The van der Waals surface area contributed by atoms with Gasteiger partial charge >= 0.3 is 6.03 Å². The number of hydrogen-bond donors (Lipinski definition) is 2. The molecule has 0 spiro atoms. The minimum absolute atomic E-state index is 0.258. The number of benzene rings is 1. The number of carbonyl (C=O) groups is 1. The molecule has 4 heteroatoms. The molecule has 1 aliphatic rings. The highest BCUT2D eigenvalue weighted by molar-refractivity contribution is 5.90. The smallest absolute Gasteiger partial charge is 0.319 e. The third-order valence-corrected chi connectivity index (χ3v) is 2.43. The second kappa shape index (κ2) is 3.88. The zero-order chi connectivity index (χ0) is 10.8. The standard InChI is InChI=1S/C11H13FN2O/c1-7-9(12)3-2-4-10(7)14-11(15)13-8-5-6-8/h2-4,8H,5-6H2,1H3,(H2,13,14,15). The van der Waals surface area contributed by atoms with Crippen molar-refractivity contribution in [3.63, 3.8) is 0 Å². The van der Waals surface area contributed by atoms with E-state index in [4.69, 9.17) is 0 Å². The van der Waals surface area contributed by atoms with Crippen LogP contribution in [0.5, 0.6) is 0 Å². The lowest BCUT2D eigenvalue weighted by Crippen LogP contribution is -2.30. The second-order valence-corrected chi connectivity index (χ2v) is 3.79. The van der Waals surface area contributed by atoms with Crippen LogP contribution in [0.25, 0.3) is 0 Å². The van der Waals surface area contributed by atoms with Crippen molar-refractivity contribution in [3.8, 4) is 0 Å². The molecule has 0 unspecified atom stereocenters. The number of hydrogen-bond acceptors (Lipinski definition) is 1. The largest absolute Gasteiger partial charge is 0.335 e. The van der Waals surface area contributed by atoms with Gasteiger partial charge in [-0.15, -0.1) is 0 Å². The highest BCUT2D eigenvalue weighted by atomic mass is 19.1. The third-order valence-electron chi connectivity index (χ3n) is 2.43. The number of nitrogens with one attached hydrogen (secondary N) is 2. The van der Waals surface area contributed by atoms with E-state index >= 15 is 0 Å². The van der Waals surface area contributed by atoms with E-state index in [1.807, 2.05) is 0 Å². The molecule has 1 aromatic rings. The fourth-order valence-corrected chi connectivity index (χ4v) is 1.31. The minimum Gasteiger partial charge on any atom is -0.335 e. The second-order valence-electron chi connectivity index (χ2n) is 3.79. The molecule has 2 rings (SSSR count). The van der Waals surface area contributed by atoms with Gasteiger partial charge in [0.25, 0.3) is 0 Å². The molecular weight excluding hydrogens is 195 g/mol. The molecule has 1 aliphatic carbocycles. The van der Waals surface area contributed by atoms with E-state index in [0.717, 1.165) is 12.8 Å². The molecular formula is C11H13FN2O. The van der Waals surface area contributed by atoms with E-state index < -0.39 is 0 Å². The van der Waals surface area contributed by atoms with Gasteiger partial charge in [0.2, 0.25) is 0 Å². The summed E-state index contributed by atoms with van der Waals surface area (Å²) in [5.74, 6) is -0.306. The Balaban J connectivity index is 2.02. The van der Waals surface area contributed by atoms with E-state index in [2.05, 4.69) is 10.6 Å². The van der Waals surface area contributed by atoms with Gasteiger partial charge in [-0.25, -0.2) is 9.18 Å². The van der Waals surface area contributed by atoms with E-state index in [1.54, 1.807) is 19.1 Å². The fraction of sp³-hybridized carbons (Fsp3) is 0.364. The Labute approximate surface area is 87.7 Å². The van der Waals surface area contributed by atoms with Gasteiger partial charge in [-0.05, 0) is 31.9 Å². The van der Waals surface area contributed by atoms with Crippen LogP contribution >= 0.6 is 0 Å². The highest BCUT2D eigenvalue weighted by Crippen LogP contribution is 2.20. The maximum atomic E-state index is 13.1. The maximum absolute atomic E-state index is 13.1. The van der Waals surface area contributed by atoms with Crippen LogP contribution in [0.2, 0.25) is 0 Å². The Morgan fingerprint density at radius 2 is 2.20 bits per heavy atom. The number of urea groups is 1. The minimum atomic E-state index is -0.306. The lowest BCUT2D eigenvalue weighted by molar-refractivity contribution is 0.251. The summed E-state index contributed by atoms with van der Waals surface area (Å²) in [7, 11) is 0. The summed E-state index contributed by atoms with van der Waals surface area (Å²) in [6, 6.07) is 4.68. The summed E-state index contributed by atoms with van der Waals surface area (Å²) < 4.78 is 13.1. The van der Waals surface area contributed by atoms with Crippen molar-refractivity contribution in [2.75, 3.05) is 5.32 Å². The van der Waals surface area contributed by atoms with Gasteiger partial charge in [0.1, 0.15) is 5.82 Å². The van der Waals surface area contributed by atoms with E-state index in [0.29, 0.717) is 17.3 Å². The van der Waals surface area contributed by atoms with Crippen molar-refractivity contribution < 1.29 is 9.18 Å². The first-order chi connectivity index (χ1) is 7.16. The van der Waals surface area contributed by atoms with Crippen LogP contribution in [-0.2, 0) is 0 Å². The van der Waals surface area contributed by atoms with Gasteiger partial charge in [-0.3, -0.25) is 0 Å². The first-order valence-corrected chi connectivity index (χ1v) is 4.99. The molecule has 15 heavy (non-hydrogen) atoms. The summed E-state index contributed by atoms with van der Waals surface area (Å²) in [6.45, 7) is 1.64. The lowest BCUT2D eigenvalue weighted by Gasteiger charge is -2.09. The van der Waals surface area contributed by atoms with Crippen LogP contribution in [0, 0.1) is 12.7 Å². The SMILES string of the molecule is Cc1c(F)cccc1NC(=O)NC1CC1. The molecule has 0 heterocycles. The molecule has 1 fully saturated rings. The van der Waals surface area contributed by atoms with Crippen LogP contribution in [0.1, 0.15) is 18.4 Å². The lowest BCUT2D eigenvalue weighted by atomic mass is 10.2. The summed E-state index contributed by atoms with van der Waals surface area (Å²) in [4.78, 5) is 11.4. The molecule has 2 amide bonds. The molecule has 0 saturated heterocycles. The third kappa shape index (κ3) is 2.46. The van der Waals surface area contributed by atoms with Gasteiger partial charge in [0, 0.05) is 17.3 Å². The molecule has 0 atom stereocenters. The fourth-order valence-electron chi connectivity index (χ4n) is 1.31. The topological polar surface area (TPSA) is 41.1 Å². The zero-order valence-electron chi connectivity index (χ0n) is 8.51. The van der Waals surface area contributed by atoms with Gasteiger partial charge in [-0.2, -0.15) is 0 Å². The van der Waals surface area contributed by atoms with Gasteiger partial charge in [-0.1, -0.05) is 6.07 Å². The van der Waals surface area contributed by atoms with E-state index in [1.165, 1.54) is 6.07 Å². The average Bonchev–Trinajstić information content (AvgIpc) is 2.97. The first kappa shape index (κ1) is 9.96. The predicted molar refractivity (Wildman–Crippen MR) is 56.3 cm³/mol. The summed E-state index contributed by atoms with van der Waals surface area (Å²) >= 11 is 0. The summed E-state index contributed by atoms with van der Waals surface area (Å²) in [5.41, 5.74) is 0.983. The van der Waals surface area contributed by atoms with E-state index in [9.17, 15) is 9.18 Å². The number of amides is 2. The van der Waals surface area contributed by atoms with Gasteiger partial charge in [0.15, 0.2) is 0 Å². The van der Waals surface area contributed by atoms with Crippen molar-refractivity contribution in [3.05, 3.63) is 29.6 Å². The van der Waals surface area contributed by atoms with Crippen molar-refractivity contribution >= 4 is 11.7 Å². The van der Waals surface area contributed by atoms with Crippen molar-refractivity contribution in [2.24, 2.45) is 0 Å². The normalized spacial score (nSPS) is 14.8. The molecule has 0 aromatic heterocycles. The Morgan fingerprint density at radius 3 is 2.87 bits per heavy atom. The molecule has 2 N–H and O–H groups in total. The summed E-state index contributed by atoms with van der Waals surface area (Å²) in [5, 5.41) is 5.41. The average molecular weight is 208 g/mol. The molecule has 3 nitrogen and oxygen atoms in total. The van der Waals surface area contributed by atoms with Crippen LogP contribution in [0.4, 0.5) is 14.9 Å². The van der Waals surface area contributed by atoms with Crippen LogP contribution < -0.4 is 10.6 Å². The highest BCUT2D eigenvalue weighted by Gasteiger charge is 2.23. The summed E-state index contributed by atoms with van der Waals surface area (Å²) in [6.07, 6.45) is 2.07. The van der Waals surface area contributed by atoms with Crippen molar-refractivity contribution in [1.29, 1.82) is 0 Å². The Bertz CT molecular complexity index is 388. The monoisotopic (exact) mass is 208 g/mol. The molecule has 0 radical (unpaired) electrons. The first-order valence-electron chi connectivity index (χ1n) is 4.99. The molecule has 0 aliphatic heterocycles. The molecule has 0 bridgehead atoms. The number of anilines is 1. The van der Waals surface area contributed by atoms with Crippen molar-refractivity contribution in [1.82, 2.24) is 5.32 Å². The number of carbonyl (C=O) groups excluding carboxylic acids is 1. The van der Waals surface area contributed by atoms with Crippen LogP contribution in [-0.4, -0.2) is 12.1 Å². The molecule has 1 aromatic carbocycles. The quantitative estimate of drug-likeness (QED) is 0.770. The zero-order valence-corrected chi connectivity index (χ0v) is 8.51. The Hall–Kier alpha value is -1.58. The Morgan fingerprint density at radius 1 is 1.47 bits per heavy atom. The maximum Gasteiger partial charge on any atom is 0.319 e. The Kier molecular flexibility index (Phi) is 2.58. The van der Waals surface area contributed by atoms with Crippen LogP contribution in [0.15, 0.2) is 18.2 Å². The van der Waals surface area contributed by atoms with Crippen LogP contribution in [0.3, 0.4) is 0 Å². The van der Waals surface area contributed by atoms with Gasteiger partial charge < -0.3 is 10.6 Å². The van der Waals surface area contributed by atoms with Crippen molar-refractivity contribution in [2.45, 2.75) is 25.8 Å². The molecule has 1 saturated carbocycles. The van der Waals surface area contributed by atoms with E-state index in [-0.39, 0.29) is 11.8 Å². The number of rotatable bonds is 2. The predicted octanol–water partition coefficient (Wildman–Crippen LogP) is 2.42. The molecule has 80 valence electrons. The van der Waals surface area contributed by atoms with Gasteiger partial charge in [0.05, 0.1) is 0 Å².